The average Bonchev–Trinajstić information content (AvgIpc) is 2.72. The highest BCUT2D eigenvalue weighted by Gasteiger charge is 2.42. The number of halogens is 3. The van der Waals surface area contributed by atoms with Crippen LogP contribution in [0.3, 0.4) is 0 Å². The molecule has 162 valence electrons. The van der Waals surface area contributed by atoms with Crippen LogP contribution in [-0.4, -0.2) is 38.8 Å². The van der Waals surface area contributed by atoms with Crippen molar-refractivity contribution in [2.45, 2.75) is 51.1 Å². The highest BCUT2D eigenvalue weighted by molar-refractivity contribution is 6.02. The van der Waals surface area contributed by atoms with Crippen LogP contribution in [0.4, 0.5) is 30.2 Å². The number of anilines is 3. The molecule has 1 aromatic rings. The number of hydrogen-bond donors (Lipinski definition) is 3. The summed E-state index contributed by atoms with van der Waals surface area (Å²) in [6.45, 7) is 0.944. The summed E-state index contributed by atoms with van der Waals surface area (Å²) in [5.74, 6) is -1.19. The summed E-state index contributed by atoms with van der Waals surface area (Å²) in [6.07, 6.45) is 2.14. The van der Waals surface area contributed by atoms with E-state index in [0.29, 0.717) is 48.1 Å². The average molecular weight is 413 g/mol. The standard InChI is InChI=1S/C21H31F3N4O/c1-26-18-11-19(28-9-5-8-15(13-28)21(22,23)24)16(10-17(18)25)20(29)27-12-14-6-3-2-4-7-14/h10-11,14-15,26H,2-9,12-13,25H2,1H3,(H,27,29). The molecule has 0 radical (unpaired) electrons. The van der Waals surface area contributed by atoms with E-state index in [1.54, 1.807) is 24.1 Å². The van der Waals surface area contributed by atoms with Gasteiger partial charge in [-0.25, -0.2) is 0 Å². The summed E-state index contributed by atoms with van der Waals surface area (Å²) < 4.78 is 39.9. The number of piperidine rings is 1. The molecule has 1 aliphatic carbocycles. The van der Waals surface area contributed by atoms with Crippen LogP contribution in [0.1, 0.15) is 55.3 Å². The number of amides is 1. The van der Waals surface area contributed by atoms with Crippen molar-refractivity contribution in [1.82, 2.24) is 5.32 Å². The molecule has 2 fully saturated rings. The monoisotopic (exact) mass is 412 g/mol. The first-order valence-electron chi connectivity index (χ1n) is 10.5. The van der Waals surface area contributed by atoms with Crippen molar-refractivity contribution in [3.05, 3.63) is 17.7 Å². The van der Waals surface area contributed by atoms with Crippen LogP contribution in [0.15, 0.2) is 12.1 Å². The van der Waals surface area contributed by atoms with E-state index in [1.165, 1.54) is 19.3 Å². The van der Waals surface area contributed by atoms with Gasteiger partial charge in [-0.1, -0.05) is 19.3 Å². The largest absolute Gasteiger partial charge is 0.397 e. The van der Waals surface area contributed by atoms with Gasteiger partial charge in [0.25, 0.3) is 5.91 Å². The fraction of sp³-hybridized carbons (Fsp3) is 0.667. The molecule has 1 heterocycles. The molecule has 1 atom stereocenters. The maximum atomic E-state index is 13.3. The second-order valence-corrected chi connectivity index (χ2v) is 8.25. The molecule has 4 N–H and O–H groups in total. The molecule has 1 aromatic carbocycles. The molecule has 2 aliphatic rings. The zero-order valence-corrected chi connectivity index (χ0v) is 16.9. The van der Waals surface area contributed by atoms with E-state index < -0.39 is 12.1 Å². The Morgan fingerprint density at radius 2 is 1.90 bits per heavy atom. The van der Waals surface area contributed by atoms with E-state index in [0.717, 1.165) is 12.8 Å². The molecule has 1 amide bonds. The van der Waals surface area contributed by atoms with Crippen molar-refractivity contribution < 1.29 is 18.0 Å². The molecule has 0 spiro atoms. The van der Waals surface area contributed by atoms with Gasteiger partial charge in [-0.2, -0.15) is 13.2 Å². The Morgan fingerprint density at radius 1 is 1.17 bits per heavy atom. The van der Waals surface area contributed by atoms with E-state index in [1.807, 2.05) is 0 Å². The Hall–Kier alpha value is -2.12. The van der Waals surface area contributed by atoms with Crippen molar-refractivity contribution in [2.24, 2.45) is 11.8 Å². The second kappa shape index (κ2) is 9.13. The minimum Gasteiger partial charge on any atom is -0.397 e. The minimum absolute atomic E-state index is 0.122. The van der Waals surface area contributed by atoms with Gasteiger partial charge < -0.3 is 21.3 Å². The Kier molecular flexibility index (Phi) is 6.80. The van der Waals surface area contributed by atoms with Crippen molar-refractivity contribution in [1.29, 1.82) is 0 Å². The van der Waals surface area contributed by atoms with Gasteiger partial charge in [-0.3, -0.25) is 4.79 Å². The molecule has 8 heteroatoms. The molecule has 1 saturated heterocycles. The molecule has 0 bridgehead atoms. The summed E-state index contributed by atoms with van der Waals surface area (Å²) >= 11 is 0. The predicted octanol–water partition coefficient (Wildman–Crippen LogP) is 4.40. The van der Waals surface area contributed by atoms with E-state index in [9.17, 15) is 18.0 Å². The number of nitrogen functional groups attached to an aromatic ring is 1. The van der Waals surface area contributed by atoms with E-state index in [4.69, 9.17) is 5.73 Å². The second-order valence-electron chi connectivity index (χ2n) is 8.25. The van der Waals surface area contributed by atoms with Gasteiger partial charge in [-0.15, -0.1) is 0 Å². The first-order chi connectivity index (χ1) is 13.8. The van der Waals surface area contributed by atoms with Crippen LogP contribution >= 0.6 is 0 Å². The lowest BCUT2D eigenvalue weighted by molar-refractivity contribution is -0.175. The zero-order valence-electron chi connectivity index (χ0n) is 16.9. The number of carbonyl (C=O) groups is 1. The summed E-state index contributed by atoms with van der Waals surface area (Å²) in [5, 5.41) is 5.95. The predicted molar refractivity (Wildman–Crippen MR) is 110 cm³/mol. The first kappa shape index (κ1) is 21.6. The number of nitrogens with two attached hydrogens (primary N) is 1. The van der Waals surface area contributed by atoms with Crippen LogP contribution < -0.4 is 21.3 Å². The SMILES string of the molecule is CNc1cc(N2CCCC(C(F)(F)F)C2)c(C(=O)NCC2CCCCC2)cc1N. The molecule has 1 saturated carbocycles. The van der Waals surface area contributed by atoms with Crippen molar-refractivity contribution in [3.8, 4) is 0 Å². The first-order valence-corrected chi connectivity index (χ1v) is 10.5. The number of benzene rings is 1. The molecule has 5 nitrogen and oxygen atoms in total. The van der Waals surface area contributed by atoms with E-state index in [-0.39, 0.29) is 18.9 Å². The zero-order chi connectivity index (χ0) is 21.0. The maximum absolute atomic E-state index is 13.3. The number of carbonyl (C=O) groups excluding carboxylic acids is 1. The van der Waals surface area contributed by atoms with Gasteiger partial charge in [0.15, 0.2) is 0 Å². The number of hydrogen-bond acceptors (Lipinski definition) is 4. The summed E-state index contributed by atoms with van der Waals surface area (Å²) in [6, 6.07) is 3.28. The van der Waals surface area contributed by atoms with Crippen LogP contribution in [0, 0.1) is 11.8 Å². The minimum atomic E-state index is -4.23. The third-order valence-corrected chi connectivity index (χ3v) is 6.18. The fourth-order valence-corrected chi connectivity index (χ4v) is 4.45. The number of nitrogens with one attached hydrogen (secondary N) is 2. The molecular weight excluding hydrogens is 381 g/mol. The number of rotatable bonds is 5. The topological polar surface area (TPSA) is 70.4 Å². The van der Waals surface area contributed by atoms with Crippen molar-refractivity contribution >= 4 is 23.0 Å². The summed E-state index contributed by atoms with van der Waals surface area (Å²) in [5.41, 5.74) is 7.94. The lowest BCUT2D eigenvalue weighted by Gasteiger charge is -2.36. The van der Waals surface area contributed by atoms with E-state index in [2.05, 4.69) is 10.6 Å². The molecule has 29 heavy (non-hydrogen) atoms. The van der Waals surface area contributed by atoms with Crippen LogP contribution in [0.25, 0.3) is 0 Å². The quantitative estimate of drug-likeness (QED) is 0.627. The van der Waals surface area contributed by atoms with E-state index >= 15 is 0 Å². The van der Waals surface area contributed by atoms with Crippen LogP contribution in [-0.2, 0) is 0 Å². The van der Waals surface area contributed by atoms with Crippen LogP contribution in [0.2, 0.25) is 0 Å². The Morgan fingerprint density at radius 3 is 2.55 bits per heavy atom. The van der Waals surface area contributed by atoms with Gasteiger partial charge in [0.2, 0.25) is 0 Å². The highest BCUT2D eigenvalue weighted by atomic mass is 19.4. The third kappa shape index (κ3) is 5.28. The molecular formula is C21H31F3N4O. The van der Waals surface area contributed by atoms with Gasteiger partial charge in [-0.05, 0) is 43.7 Å². The molecule has 1 aliphatic heterocycles. The summed E-state index contributed by atoms with van der Waals surface area (Å²) in [4.78, 5) is 14.6. The molecule has 3 rings (SSSR count). The number of nitrogens with zero attached hydrogens (tertiary/aromatic N) is 1. The fourth-order valence-electron chi connectivity index (χ4n) is 4.45. The van der Waals surface area contributed by atoms with Gasteiger partial charge in [0.1, 0.15) is 0 Å². The Balaban J connectivity index is 1.82. The smallest absolute Gasteiger partial charge is 0.393 e. The summed E-state index contributed by atoms with van der Waals surface area (Å²) in [7, 11) is 1.70. The lowest BCUT2D eigenvalue weighted by Crippen LogP contribution is -2.42. The van der Waals surface area contributed by atoms with Gasteiger partial charge in [0.05, 0.1) is 28.5 Å². The van der Waals surface area contributed by atoms with Gasteiger partial charge in [0, 0.05) is 26.7 Å². The van der Waals surface area contributed by atoms with Crippen molar-refractivity contribution in [3.63, 3.8) is 0 Å². The number of alkyl halides is 3. The Bertz CT molecular complexity index is 717. The normalized spacial score (nSPS) is 21.1. The third-order valence-electron chi connectivity index (χ3n) is 6.18. The Labute approximate surface area is 170 Å². The molecule has 0 aromatic heterocycles. The van der Waals surface area contributed by atoms with Crippen molar-refractivity contribution in [2.75, 3.05) is 42.6 Å². The van der Waals surface area contributed by atoms with Gasteiger partial charge >= 0.3 is 6.18 Å². The van der Waals surface area contributed by atoms with Crippen LogP contribution in [0.5, 0.6) is 0 Å². The molecule has 1 unspecified atom stereocenters. The lowest BCUT2D eigenvalue weighted by atomic mass is 9.89. The maximum Gasteiger partial charge on any atom is 0.393 e. The highest BCUT2D eigenvalue weighted by Crippen LogP contribution is 2.37.